The van der Waals surface area contributed by atoms with Crippen molar-refractivity contribution in [3.05, 3.63) is 10.6 Å². The summed E-state index contributed by atoms with van der Waals surface area (Å²) < 4.78 is 5.10. The van der Waals surface area contributed by atoms with E-state index in [-0.39, 0.29) is 0 Å². The van der Waals surface area contributed by atoms with Crippen LogP contribution in [-0.4, -0.2) is 39.3 Å². The molecule has 1 aromatic heterocycles. The van der Waals surface area contributed by atoms with Gasteiger partial charge in [-0.3, -0.25) is 0 Å². The molecule has 0 saturated heterocycles. The lowest BCUT2D eigenvalue weighted by molar-refractivity contribution is 0.206. The summed E-state index contributed by atoms with van der Waals surface area (Å²) in [5.41, 5.74) is 1.32. The van der Waals surface area contributed by atoms with Crippen molar-refractivity contribution in [2.45, 2.75) is 25.3 Å². The van der Waals surface area contributed by atoms with Gasteiger partial charge in [0.15, 0.2) is 5.13 Å². The Labute approximate surface area is 107 Å². The Kier molecular flexibility index (Phi) is 4.36. The molecule has 0 unspecified atom stereocenters. The highest BCUT2D eigenvalue weighted by molar-refractivity contribution is 7.15. The third kappa shape index (κ3) is 3.18. The number of rotatable bonds is 7. The van der Waals surface area contributed by atoms with Gasteiger partial charge in [0.05, 0.1) is 12.3 Å². The first kappa shape index (κ1) is 12.8. The molecule has 1 heterocycles. The smallest absolute Gasteiger partial charge is 0.185 e. The van der Waals surface area contributed by atoms with Crippen LogP contribution in [0.1, 0.15) is 29.3 Å². The van der Waals surface area contributed by atoms with Crippen LogP contribution >= 0.6 is 11.3 Å². The summed E-state index contributed by atoms with van der Waals surface area (Å²) in [6.07, 6.45) is 2.61. The average molecular weight is 255 g/mol. The number of thiazole rings is 1. The fraction of sp³-hybridized carbons (Fsp3) is 0.750. The van der Waals surface area contributed by atoms with E-state index in [2.05, 4.69) is 17.3 Å². The number of hydrogen-bond acceptors (Lipinski definition) is 5. The summed E-state index contributed by atoms with van der Waals surface area (Å²) in [6, 6.07) is 0. The van der Waals surface area contributed by atoms with Gasteiger partial charge >= 0.3 is 0 Å². The normalized spacial score (nSPS) is 15.2. The maximum absolute atomic E-state index is 5.10. The maximum atomic E-state index is 5.10. The molecule has 5 heteroatoms. The Morgan fingerprint density at radius 2 is 2.29 bits per heavy atom. The van der Waals surface area contributed by atoms with Crippen LogP contribution in [0.2, 0.25) is 0 Å². The van der Waals surface area contributed by atoms with Crippen LogP contribution in [0.5, 0.6) is 0 Å². The number of aromatic nitrogens is 1. The zero-order valence-corrected chi connectivity index (χ0v) is 11.6. The molecule has 1 N–H and O–H groups in total. The quantitative estimate of drug-likeness (QED) is 0.806. The molecule has 0 atom stereocenters. The molecule has 1 aliphatic rings. The molecule has 4 nitrogen and oxygen atoms in total. The fourth-order valence-electron chi connectivity index (χ4n) is 1.80. The highest BCUT2D eigenvalue weighted by Crippen LogP contribution is 2.44. The van der Waals surface area contributed by atoms with Gasteiger partial charge in [0, 0.05) is 38.0 Å². The van der Waals surface area contributed by atoms with Crippen LogP contribution < -0.4 is 10.2 Å². The zero-order chi connectivity index (χ0) is 12.3. The highest BCUT2D eigenvalue weighted by atomic mass is 32.1. The third-order valence-electron chi connectivity index (χ3n) is 2.98. The van der Waals surface area contributed by atoms with Crippen molar-refractivity contribution < 1.29 is 4.74 Å². The van der Waals surface area contributed by atoms with Crippen LogP contribution in [0.15, 0.2) is 0 Å². The number of nitrogens with zero attached hydrogens (tertiary/aromatic N) is 2. The molecule has 17 heavy (non-hydrogen) atoms. The van der Waals surface area contributed by atoms with Crippen molar-refractivity contribution in [3.8, 4) is 0 Å². The van der Waals surface area contributed by atoms with Gasteiger partial charge in [-0.1, -0.05) is 0 Å². The lowest BCUT2D eigenvalue weighted by Gasteiger charge is -2.14. The van der Waals surface area contributed by atoms with Crippen LogP contribution in [0, 0.1) is 0 Å². The Morgan fingerprint density at radius 3 is 2.88 bits per heavy atom. The molecule has 0 aromatic carbocycles. The van der Waals surface area contributed by atoms with Gasteiger partial charge in [0.1, 0.15) is 0 Å². The molecule has 0 spiro atoms. The molecule has 1 aromatic rings. The highest BCUT2D eigenvalue weighted by Gasteiger charge is 2.29. The van der Waals surface area contributed by atoms with Crippen LogP contribution in [-0.2, 0) is 11.3 Å². The average Bonchev–Trinajstić information content (AvgIpc) is 3.08. The van der Waals surface area contributed by atoms with Crippen LogP contribution in [0.3, 0.4) is 0 Å². The number of nitrogens with one attached hydrogen (secondary N) is 1. The van der Waals surface area contributed by atoms with Gasteiger partial charge in [-0.05, 0) is 19.9 Å². The predicted octanol–water partition coefficient (Wildman–Crippen LogP) is 1.82. The molecule has 1 saturated carbocycles. The van der Waals surface area contributed by atoms with Gasteiger partial charge in [0.25, 0.3) is 0 Å². The molecule has 0 amide bonds. The van der Waals surface area contributed by atoms with E-state index in [1.54, 1.807) is 7.11 Å². The Hall–Kier alpha value is -0.650. The predicted molar refractivity (Wildman–Crippen MR) is 72.0 cm³/mol. The standard InChI is InChI=1S/C12H21N3OS/c1-13-8-10-11(9-4-5-9)14-12(17-10)15(2)6-7-16-3/h9,13H,4-8H2,1-3H3. The van der Waals surface area contributed by atoms with Gasteiger partial charge in [-0.15, -0.1) is 11.3 Å². The summed E-state index contributed by atoms with van der Waals surface area (Å²) >= 11 is 1.81. The van der Waals surface area contributed by atoms with E-state index in [1.807, 2.05) is 18.4 Å². The second kappa shape index (κ2) is 5.80. The number of anilines is 1. The van der Waals surface area contributed by atoms with Gasteiger partial charge in [-0.2, -0.15) is 0 Å². The second-order valence-corrected chi connectivity index (χ2v) is 5.59. The van der Waals surface area contributed by atoms with Crippen molar-refractivity contribution in [2.24, 2.45) is 0 Å². The molecular formula is C12H21N3OS. The van der Waals surface area contributed by atoms with E-state index in [0.29, 0.717) is 0 Å². The maximum Gasteiger partial charge on any atom is 0.185 e. The van der Waals surface area contributed by atoms with Crippen LogP contribution in [0.25, 0.3) is 0 Å². The third-order valence-corrected chi connectivity index (χ3v) is 4.16. The topological polar surface area (TPSA) is 37.4 Å². The number of methoxy groups -OCH3 is 1. The zero-order valence-electron chi connectivity index (χ0n) is 10.8. The minimum absolute atomic E-state index is 0.721. The molecule has 2 rings (SSSR count). The number of hydrogen-bond donors (Lipinski definition) is 1. The second-order valence-electron chi connectivity index (χ2n) is 4.52. The van der Waals surface area contributed by atoms with E-state index in [9.17, 15) is 0 Å². The van der Waals surface area contributed by atoms with E-state index >= 15 is 0 Å². The Morgan fingerprint density at radius 1 is 1.53 bits per heavy atom. The molecular weight excluding hydrogens is 234 g/mol. The first-order valence-corrected chi connectivity index (χ1v) is 6.92. The van der Waals surface area contributed by atoms with Gasteiger partial charge in [-0.25, -0.2) is 4.98 Å². The first-order chi connectivity index (χ1) is 8.26. The van der Waals surface area contributed by atoms with E-state index in [0.717, 1.165) is 30.7 Å². The molecule has 0 aliphatic heterocycles. The van der Waals surface area contributed by atoms with Crippen molar-refractivity contribution in [1.82, 2.24) is 10.3 Å². The van der Waals surface area contributed by atoms with E-state index in [1.165, 1.54) is 23.4 Å². The first-order valence-electron chi connectivity index (χ1n) is 6.10. The minimum Gasteiger partial charge on any atom is -0.383 e. The molecule has 1 fully saturated rings. The van der Waals surface area contributed by atoms with Crippen molar-refractivity contribution in [1.29, 1.82) is 0 Å². The van der Waals surface area contributed by atoms with Gasteiger partial charge < -0.3 is 15.0 Å². The minimum atomic E-state index is 0.721. The SMILES string of the molecule is CNCc1sc(N(C)CCOC)nc1C1CC1. The van der Waals surface area contributed by atoms with Crippen LogP contribution in [0.4, 0.5) is 5.13 Å². The monoisotopic (exact) mass is 255 g/mol. The number of ether oxygens (including phenoxy) is 1. The fourth-order valence-corrected chi connectivity index (χ4v) is 2.95. The Bertz CT molecular complexity index is 363. The van der Waals surface area contributed by atoms with E-state index < -0.39 is 0 Å². The van der Waals surface area contributed by atoms with E-state index in [4.69, 9.17) is 9.72 Å². The lowest BCUT2D eigenvalue weighted by Crippen LogP contribution is -2.21. The Balaban J connectivity index is 2.08. The molecule has 96 valence electrons. The summed E-state index contributed by atoms with van der Waals surface area (Å²) in [6.45, 7) is 2.57. The lowest BCUT2D eigenvalue weighted by atomic mass is 10.2. The molecule has 1 aliphatic carbocycles. The van der Waals surface area contributed by atoms with Crippen molar-refractivity contribution in [2.75, 3.05) is 39.3 Å². The summed E-state index contributed by atoms with van der Waals surface area (Å²) in [5, 5.41) is 4.35. The largest absolute Gasteiger partial charge is 0.383 e. The summed E-state index contributed by atoms with van der Waals surface area (Å²) in [4.78, 5) is 8.37. The molecule has 0 bridgehead atoms. The summed E-state index contributed by atoms with van der Waals surface area (Å²) in [7, 11) is 5.81. The van der Waals surface area contributed by atoms with Crippen molar-refractivity contribution >= 4 is 16.5 Å². The summed E-state index contributed by atoms with van der Waals surface area (Å²) in [5.74, 6) is 0.721. The van der Waals surface area contributed by atoms with Gasteiger partial charge in [0.2, 0.25) is 0 Å². The molecule has 0 radical (unpaired) electrons. The van der Waals surface area contributed by atoms with Crippen molar-refractivity contribution in [3.63, 3.8) is 0 Å². The number of likely N-dealkylation sites (N-methyl/N-ethyl adjacent to an activating group) is 1.